The van der Waals surface area contributed by atoms with Gasteiger partial charge in [-0.15, -0.1) is 0 Å². The molecule has 0 fully saturated rings. The van der Waals surface area contributed by atoms with E-state index in [0.29, 0.717) is 0 Å². The molecule has 96 valence electrons. The predicted molar refractivity (Wildman–Crippen MR) is 75.3 cm³/mol. The van der Waals surface area contributed by atoms with Crippen molar-refractivity contribution < 1.29 is 5.11 Å². The summed E-state index contributed by atoms with van der Waals surface area (Å²) in [7, 11) is 0. The van der Waals surface area contributed by atoms with Crippen LogP contribution in [0, 0.1) is 12.3 Å². The normalized spacial score (nSPS) is 11.6. The fraction of sp³-hybridized carbons (Fsp3) is 0.615. The number of pyridine rings is 1. The lowest BCUT2D eigenvalue weighted by molar-refractivity contribution is 0.248. The van der Waals surface area contributed by atoms with Gasteiger partial charge in [0.15, 0.2) is 0 Å². The van der Waals surface area contributed by atoms with E-state index in [1.165, 1.54) is 5.56 Å². The molecule has 1 heterocycles. The molecule has 0 saturated heterocycles. The molecule has 0 amide bonds. The summed E-state index contributed by atoms with van der Waals surface area (Å²) in [6.07, 6.45) is 3.67. The molecule has 0 bridgehead atoms. The largest absolute Gasteiger partial charge is 0.396 e. The molecule has 0 spiro atoms. The van der Waals surface area contributed by atoms with E-state index in [0.717, 1.165) is 29.7 Å². The number of rotatable bonds is 6. The Morgan fingerprint density at radius 3 is 2.76 bits per heavy atom. The molecule has 0 atom stereocenters. The van der Waals surface area contributed by atoms with Crippen molar-refractivity contribution in [3.05, 3.63) is 22.3 Å². The maximum absolute atomic E-state index is 8.84. The molecule has 17 heavy (non-hydrogen) atoms. The van der Waals surface area contributed by atoms with Gasteiger partial charge < -0.3 is 10.4 Å². The van der Waals surface area contributed by atoms with Crippen LogP contribution in [0.3, 0.4) is 0 Å². The van der Waals surface area contributed by atoms with Crippen molar-refractivity contribution in [2.45, 2.75) is 33.6 Å². The van der Waals surface area contributed by atoms with Crippen molar-refractivity contribution in [2.75, 3.05) is 18.5 Å². The third-order valence-corrected chi connectivity index (χ3v) is 3.64. The lowest BCUT2D eigenvalue weighted by atomic mass is 9.88. The molecule has 0 aliphatic carbocycles. The van der Waals surface area contributed by atoms with Crippen LogP contribution in [0.5, 0.6) is 0 Å². The van der Waals surface area contributed by atoms with Gasteiger partial charge in [-0.25, -0.2) is 4.98 Å². The second-order valence-electron chi connectivity index (χ2n) is 5.16. The Balaban J connectivity index is 2.51. The van der Waals surface area contributed by atoms with E-state index in [1.807, 2.05) is 19.2 Å². The zero-order valence-electron chi connectivity index (χ0n) is 10.8. The minimum absolute atomic E-state index is 0.172. The van der Waals surface area contributed by atoms with E-state index in [9.17, 15) is 0 Å². The molecule has 0 aliphatic rings. The first-order valence-corrected chi connectivity index (χ1v) is 6.71. The highest BCUT2D eigenvalue weighted by Gasteiger charge is 2.17. The first kappa shape index (κ1) is 14.5. The van der Waals surface area contributed by atoms with Gasteiger partial charge in [-0.1, -0.05) is 13.8 Å². The average molecular weight is 301 g/mol. The average Bonchev–Trinajstić information content (AvgIpc) is 2.28. The standard InChI is InChI=1S/C13H21BrN2O/c1-10-7-12(15-8-11(10)14)16-9-13(2,3)5-4-6-17/h7-8,17H,4-6,9H2,1-3H3,(H,15,16). The Hall–Kier alpha value is -0.610. The quantitative estimate of drug-likeness (QED) is 0.847. The summed E-state index contributed by atoms with van der Waals surface area (Å²) in [5.41, 5.74) is 1.35. The number of anilines is 1. The van der Waals surface area contributed by atoms with Crippen molar-refractivity contribution in [1.82, 2.24) is 4.98 Å². The number of aryl methyl sites for hydroxylation is 1. The number of nitrogens with one attached hydrogen (secondary N) is 1. The van der Waals surface area contributed by atoms with Crippen molar-refractivity contribution in [3.63, 3.8) is 0 Å². The van der Waals surface area contributed by atoms with Crippen molar-refractivity contribution >= 4 is 21.7 Å². The van der Waals surface area contributed by atoms with Crippen LogP contribution in [0.2, 0.25) is 0 Å². The van der Waals surface area contributed by atoms with Crippen LogP contribution >= 0.6 is 15.9 Å². The molecule has 1 aromatic heterocycles. The number of halogens is 1. The van der Waals surface area contributed by atoms with Crippen LogP contribution in [0.4, 0.5) is 5.82 Å². The minimum Gasteiger partial charge on any atom is -0.396 e. The SMILES string of the molecule is Cc1cc(NCC(C)(C)CCCO)ncc1Br. The van der Waals surface area contributed by atoms with E-state index >= 15 is 0 Å². The van der Waals surface area contributed by atoms with E-state index in [1.54, 1.807) is 0 Å². The molecule has 4 heteroatoms. The number of aliphatic hydroxyl groups excluding tert-OH is 1. The van der Waals surface area contributed by atoms with Crippen LogP contribution < -0.4 is 5.32 Å². The van der Waals surface area contributed by atoms with Crippen molar-refractivity contribution in [3.8, 4) is 0 Å². The first-order valence-electron chi connectivity index (χ1n) is 5.91. The molecule has 0 aromatic carbocycles. The van der Waals surface area contributed by atoms with Crippen LogP contribution in [-0.2, 0) is 0 Å². The van der Waals surface area contributed by atoms with Crippen molar-refractivity contribution in [1.29, 1.82) is 0 Å². The molecule has 0 radical (unpaired) electrons. The van der Waals surface area contributed by atoms with Gasteiger partial charge in [-0.05, 0) is 52.7 Å². The lowest BCUT2D eigenvalue weighted by Crippen LogP contribution is -2.23. The predicted octanol–water partition coefficient (Wildman–Crippen LogP) is 3.36. The van der Waals surface area contributed by atoms with E-state index in [2.05, 4.69) is 40.1 Å². The van der Waals surface area contributed by atoms with Crippen LogP contribution in [-0.4, -0.2) is 23.2 Å². The summed E-state index contributed by atoms with van der Waals surface area (Å²) in [6.45, 7) is 7.57. The number of hydrogen-bond acceptors (Lipinski definition) is 3. The van der Waals surface area contributed by atoms with E-state index < -0.39 is 0 Å². The van der Waals surface area contributed by atoms with E-state index in [-0.39, 0.29) is 12.0 Å². The molecule has 1 rings (SSSR count). The Morgan fingerprint density at radius 2 is 2.18 bits per heavy atom. The Kier molecular flexibility index (Phi) is 5.40. The number of aliphatic hydroxyl groups is 1. The molecule has 2 N–H and O–H groups in total. The summed E-state index contributed by atoms with van der Waals surface area (Å²) >= 11 is 3.44. The highest BCUT2D eigenvalue weighted by Crippen LogP contribution is 2.23. The highest BCUT2D eigenvalue weighted by atomic mass is 79.9. The topological polar surface area (TPSA) is 45.1 Å². The van der Waals surface area contributed by atoms with E-state index in [4.69, 9.17) is 5.11 Å². The zero-order valence-corrected chi connectivity index (χ0v) is 12.3. The smallest absolute Gasteiger partial charge is 0.126 e. The second kappa shape index (κ2) is 6.36. The van der Waals surface area contributed by atoms with Gasteiger partial charge in [0.1, 0.15) is 5.82 Å². The molecule has 0 aliphatic heterocycles. The molecule has 3 nitrogen and oxygen atoms in total. The number of hydrogen-bond donors (Lipinski definition) is 2. The number of nitrogens with zero attached hydrogens (tertiary/aromatic N) is 1. The third-order valence-electron chi connectivity index (χ3n) is 2.81. The number of aromatic nitrogens is 1. The van der Waals surface area contributed by atoms with Crippen molar-refractivity contribution in [2.24, 2.45) is 5.41 Å². The lowest BCUT2D eigenvalue weighted by Gasteiger charge is -2.25. The second-order valence-corrected chi connectivity index (χ2v) is 6.02. The maximum Gasteiger partial charge on any atom is 0.126 e. The zero-order chi connectivity index (χ0) is 12.9. The van der Waals surface area contributed by atoms with Gasteiger partial charge in [0.05, 0.1) is 0 Å². The molecule has 1 aromatic rings. The Labute approximate surface area is 112 Å². The van der Waals surface area contributed by atoms with Gasteiger partial charge in [0, 0.05) is 23.8 Å². The van der Waals surface area contributed by atoms with Crippen LogP contribution in [0.1, 0.15) is 32.3 Å². The summed E-state index contributed by atoms with van der Waals surface area (Å²) in [5.74, 6) is 0.905. The first-order chi connectivity index (χ1) is 7.94. The third kappa shape index (κ3) is 5.04. The molecular formula is C13H21BrN2O. The summed E-state index contributed by atoms with van der Waals surface area (Å²) in [6, 6.07) is 2.03. The highest BCUT2D eigenvalue weighted by molar-refractivity contribution is 9.10. The molecule has 0 saturated carbocycles. The van der Waals surface area contributed by atoms with Gasteiger partial charge in [0.2, 0.25) is 0 Å². The Bertz CT molecular complexity index is 366. The summed E-state index contributed by atoms with van der Waals surface area (Å²) in [5, 5.41) is 12.2. The maximum atomic E-state index is 8.84. The minimum atomic E-state index is 0.172. The summed E-state index contributed by atoms with van der Waals surface area (Å²) in [4.78, 5) is 4.32. The van der Waals surface area contributed by atoms with Crippen LogP contribution in [0.15, 0.2) is 16.7 Å². The molecule has 0 unspecified atom stereocenters. The summed E-state index contributed by atoms with van der Waals surface area (Å²) < 4.78 is 1.03. The fourth-order valence-corrected chi connectivity index (χ4v) is 1.83. The van der Waals surface area contributed by atoms with Crippen LogP contribution in [0.25, 0.3) is 0 Å². The van der Waals surface area contributed by atoms with Gasteiger partial charge in [-0.2, -0.15) is 0 Å². The van der Waals surface area contributed by atoms with Gasteiger partial charge >= 0.3 is 0 Å². The van der Waals surface area contributed by atoms with Gasteiger partial charge in [-0.3, -0.25) is 0 Å². The monoisotopic (exact) mass is 300 g/mol. The molecular weight excluding hydrogens is 280 g/mol. The fourth-order valence-electron chi connectivity index (χ4n) is 1.61. The van der Waals surface area contributed by atoms with Gasteiger partial charge in [0.25, 0.3) is 0 Å². The Morgan fingerprint density at radius 1 is 1.47 bits per heavy atom.